The van der Waals surface area contributed by atoms with E-state index in [1.54, 1.807) is 0 Å². The maximum absolute atomic E-state index is 11.6. The van der Waals surface area contributed by atoms with Gasteiger partial charge in [0, 0.05) is 12.8 Å². The number of carbonyl (C=O) groups is 1. The molecule has 2 aliphatic carbocycles. The zero-order chi connectivity index (χ0) is 9.80. The van der Waals surface area contributed by atoms with Crippen LogP contribution >= 0.6 is 0 Å². The standard InChI is InChI=1S/C13H14O/c14-13(9-11-5-1-2-6-11)10-12-7-3-4-8-12/h1-3,5,7-8H,4,6,9-10H2. The Hall–Kier alpha value is -1.37. The third kappa shape index (κ3) is 2.32. The molecule has 0 N–H and O–H groups in total. The van der Waals surface area contributed by atoms with Crippen LogP contribution < -0.4 is 0 Å². The van der Waals surface area contributed by atoms with Crippen molar-refractivity contribution in [2.45, 2.75) is 25.7 Å². The molecule has 0 aromatic carbocycles. The number of Topliss-reactive ketones (excluding diaryl/α,β-unsaturated/α-hetero) is 1. The Bertz CT molecular complexity index is 353. The molecule has 1 heteroatoms. The highest BCUT2D eigenvalue weighted by Gasteiger charge is 2.09. The van der Waals surface area contributed by atoms with Gasteiger partial charge >= 0.3 is 0 Å². The van der Waals surface area contributed by atoms with E-state index in [1.807, 2.05) is 6.08 Å². The second kappa shape index (κ2) is 4.23. The van der Waals surface area contributed by atoms with Crippen LogP contribution in [0.2, 0.25) is 0 Å². The highest BCUT2D eigenvalue weighted by atomic mass is 16.1. The van der Waals surface area contributed by atoms with Crippen molar-refractivity contribution in [3.05, 3.63) is 47.6 Å². The summed E-state index contributed by atoms with van der Waals surface area (Å²) in [5.41, 5.74) is 2.43. The van der Waals surface area contributed by atoms with Gasteiger partial charge in [-0.15, -0.1) is 0 Å². The average molecular weight is 186 g/mol. The Morgan fingerprint density at radius 3 is 2.86 bits per heavy atom. The third-order valence-corrected chi connectivity index (χ3v) is 2.52. The van der Waals surface area contributed by atoms with E-state index in [4.69, 9.17) is 0 Å². The molecule has 1 nitrogen and oxygen atoms in total. The molecular weight excluding hydrogens is 172 g/mol. The van der Waals surface area contributed by atoms with Crippen molar-refractivity contribution in [1.82, 2.24) is 0 Å². The largest absolute Gasteiger partial charge is 0.299 e. The first kappa shape index (κ1) is 9.20. The minimum atomic E-state index is 0.331. The average Bonchev–Trinajstić information content (AvgIpc) is 2.76. The van der Waals surface area contributed by atoms with Crippen molar-refractivity contribution in [2.75, 3.05) is 0 Å². The molecule has 0 unspecified atom stereocenters. The van der Waals surface area contributed by atoms with E-state index in [0.29, 0.717) is 18.6 Å². The third-order valence-electron chi connectivity index (χ3n) is 2.52. The van der Waals surface area contributed by atoms with Gasteiger partial charge in [0.15, 0.2) is 0 Å². The fourth-order valence-corrected chi connectivity index (χ4v) is 1.80. The normalized spacial score (nSPS) is 18.6. The lowest BCUT2D eigenvalue weighted by molar-refractivity contribution is -0.117. The first-order chi connectivity index (χ1) is 6.84. The van der Waals surface area contributed by atoms with Crippen molar-refractivity contribution in [3.63, 3.8) is 0 Å². The molecule has 0 aliphatic heterocycles. The summed E-state index contributed by atoms with van der Waals surface area (Å²) in [6, 6.07) is 0. The minimum absolute atomic E-state index is 0.331. The molecule has 2 rings (SSSR count). The number of ketones is 1. The minimum Gasteiger partial charge on any atom is -0.299 e. The number of rotatable bonds is 4. The highest BCUT2D eigenvalue weighted by molar-refractivity contribution is 5.84. The molecule has 0 aromatic rings. The van der Waals surface area contributed by atoms with Gasteiger partial charge in [-0.3, -0.25) is 4.79 Å². The zero-order valence-corrected chi connectivity index (χ0v) is 8.20. The zero-order valence-electron chi connectivity index (χ0n) is 8.20. The van der Waals surface area contributed by atoms with Crippen LogP contribution in [0, 0.1) is 0 Å². The van der Waals surface area contributed by atoms with Gasteiger partial charge in [0.25, 0.3) is 0 Å². The monoisotopic (exact) mass is 186 g/mol. The smallest absolute Gasteiger partial charge is 0.141 e. The topological polar surface area (TPSA) is 17.1 Å². The van der Waals surface area contributed by atoms with Gasteiger partial charge < -0.3 is 0 Å². The Balaban J connectivity index is 1.81. The molecule has 14 heavy (non-hydrogen) atoms. The van der Waals surface area contributed by atoms with Crippen LogP contribution in [0.1, 0.15) is 25.7 Å². The molecule has 0 saturated carbocycles. The summed E-state index contributed by atoms with van der Waals surface area (Å²) >= 11 is 0. The lowest BCUT2D eigenvalue weighted by Crippen LogP contribution is -1.99. The second-order valence-corrected chi connectivity index (χ2v) is 3.77. The van der Waals surface area contributed by atoms with Crippen LogP contribution in [0.4, 0.5) is 0 Å². The van der Waals surface area contributed by atoms with Gasteiger partial charge in [-0.05, 0) is 18.4 Å². The molecular formula is C13H14O. The SMILES string of the molecule is O=C(CC1=CCC=C1)CC1=CC=CC1. The van der Waals surface area contributed by atoms with Gasteiger partial charge in [0.05, 0.1) is 0 Å². The van der Waals surface area contributed by atoms with Crippen LogP contribution in [-0.2, 0) is 4.79 Å². The lowest BCUT2D eigenvalue weighted by Gasteiger charge is -2.01. The fraction of sp³-hybridized carbons (Fsp3) is 0.308. The lowest BCUT2D eigenvalue weighted by atomic mass is 10.0. The maximum atomic E-state index is 11.6. The molecule has 0 fully saturated rings. The quantitative estimate of drug-likeness (QED) is 0.659. The Labute approximate surface area is 84.5 Å². The predicted octanol–water partition coefficient (Wildman–Crippen LogP) is 3.11. The van der Waals surface area contributed by atoms with Crippen molar-refractivity contribution >= 4 is 5.78 Å². The summed E-state index contributed by atoms with van der Waals surface area (Å²) in [6.45, 7) is 0. The molecule has 0 heterocycles. The number of hydrogen-bond donors (Lipinski definition) is 0. The summed E-state index contributed by atoms with van der Waals surface area (Å²) < 4.78 is 0. The molecule has 0 saturated heterocycles. The molecule has 0 aromatic heterocycles. The summed E-state index contributed by atoms with van der Waals surface area (Å²) in [7, 11) is 0. The summed E-state index contributed by atoms with van der Waals surface area (Å²) in [5, 5.41) is 0. The van der Waals surface area contributed by atoms with Crippen molar-refractivity contribution < 1.29 is 4.79 Å². The van der Waals surface area contributed by atoms with Crippen LogP contribution in [0.3, 0.4) is 0 Å². The summed E-state index contributed by atoms with van der Waals surface area (Å²) in [5.74, 6) is 0.331. The number of carbonyl (C=O) groups excluding carboxylic acids is 1. The van der Waals surface area contributed by atoms with Crippen molar-refractivity contribution in [1.29, 1.82) is 0 Å². The number of allylic oxidation sites excluding steroid dienone is 8. The summed E-state index contributed by atoms with van der Waals surface area (Å²) in [6.07, 6.45) is 15.6. The Morgan fingerprint density at radius 1 is 1.29 bits per heavy atom. The Morgan fingerprint density at radius 2 is 2.21 bits per heavy atom. The van der Waals surface area contributed by atoms with Crippen LogP contribution in [-0.4, -0.2) is 5.78 Å². The van der Waals surface area contributed by atoms with Crippen LogP contribution in [0.25, 0.3) is 0 Å². The first-order valence-electron chi connectivity index (χ1n) is 5.06. The highest BCUT2D eigenvalue weighted by Crippen LogP contribution is 2.19. The van der Waals surface area contributed by atoms with E-state index in [-0.39, 0.29) is 0 Å². The second-order valence-electron chi connectivity index (χ2n) is 3.77. The van der Waals surface area contributed by atoms with E-state index in [9.17, 15) is 4.79 Å². The van der Waals surface area contributed by atoms with E-state index in [0.717, 1.165) is 12.8 Å². The molecule has 0 spiro atoms. The molecule has 0 amide bonds. The van der Waals surface area contributed by atoms with E-state index >= 15 is 0 Å². The number of hydrogen-bond acceptors (Lipinski definition) is 1. The van der Waals surface area contributed by atoms with Gasteiger partial charge in [0.2, 0.25) is 0 Å². The van der Waals surface area contributed by atoms with Gasteiger partial charge in [-0.2, -0.15) is 0 Å². The van der Waals surface area contributed by atoms with Crippen molar-refractivity contribution in [2.24, 2.45) is 0 Å². The first-order valence-corrected chi connectivity index (χ1v) is 5.06. The van der Waals surface area contributed by atoms with E-state index < -0.39 is 0 Å². The fourth-order valence-electron chi connectivity index (χ4n) is 1.80. The van der Waals surface area contributed by atoms with Gasteiger partial charge in [0.1, 0.15) is 5.78 Å². The van der Waals surface area contributed by atoms with Gasteiger partial charge in [-0.1, -0.05) is 42.0 Å². The predicted molar refractivity (Wildman–Crippen MR) is 57.9 cm³/mol. The summed E-state index contributed by atoms with van der Waals surface area (Å²) in [4.78, 5) is 11.6. The van der Waals surface area contributed by atoms with E-state index in [2.05, 4.69) is 30.4 Å². The maximum Gasteiger partial charge on any atom is 0.141 e. The molecule has 2 aliphatic rings. The van der Waals surface area contributed by atoms with Crippen LogP contribution in [0.15, 0.2) is 47.6 Å². The molecule has 0 atom stereocenters. The van der Waals surface area contributed by atoms with Crippen LogP contribution in [0.5, 0.6) is 0 Å². The Kier molecular flexibility index (Phi) is 2.78. The molecule has 0 bridgehead atoms. The van der Waals surface area contributed by atoms with Gasteiger partial charge in [-0.25, -0.2) is 0 Å². The van der Waals surface area contributed by atoms with E-state index in [1.165, 1.54) is 11.1 Å². The molecule has 0 radical (unpaired) electrons. The van der Waals surface area contributed by atoms with Crippen molar-refractivity contribution in [3.8, 4) is 0 Å². The molecule has 72 valence electrons.